The van der Waals surface area contributed by atoms with Crippen LogP contribution in [-0.2, 0) is 4.79 Å². The predicted octanol–water partition coefficient (Wildman–Crippen LogP) is 2.59. The molecule has 1 atom stereocenters. The van der Waals surface area contributed by atoms with Crippen LogP contribution in [0.2, 0.25) is 0 Å². The average Bonchev–Trinajstić information content (AvgIpc) is 3.20. The molecule has 0 bridgehead atoms. The molecule has 2 heterocycles. The summed E-state index contributed by atoms with van der Waals surface area (Å²) < 4.78 is 0. The van der Waals surface area contributed by atoms with Gasteiger partial charge in [0.1, 0.15) is 0 Å². The summed E-state index contributed by atoms with van der Waals surface area (Å²) in [5.74, 6) is 0.240. The van der Waals surface area contributed by atoms with Crippen LogP contribution in [0.3, 0.4) is 0 Å². The summed E-state index contributed by atoms with van der Waals surface area (Å²) in [6.07, 6.45) is 2.48. The summed E-state index contributed by atoms with van der Waals surface area (Å²) in [6.45, 7) is 3.12. The van der Waals surface area contributed by atoms with Crippen LogP contribution < -0.4 is 10.6 Å². The maximum absolute atomic E-state index is 13.0. The summed E-state index contributed by atoms with van der Waals surface area (Å²) in [5.41, 5.74) is 0.753. The van der Waals surface area contributed by atoms with Crippen molar-refractivity contribution in [3.8, 4) is 0 Å². The lowest BCUT2D eigenvalue weighted by molar-refractivity contribution is -0.126. The molecule has 5 nitrogen and oxygen atoms in total. The Labute approximate surface area is 165 Å². The molecule has 4 rings (SSSR count). The number of amides is 2. The average molecular weight is 388 g/mol. The Balaban J connectivity index is 0.00000210. The molecular formula is C21H26ClN3O2. The van der Waals surface area contributed by atoms with Crippen molar-refractivity contribution in [2.45, 2.75) is 25.3 Å². The van der Waals surface area contributed by atoms with Gasteiger partial charge >= 0.3 is 0 Å². The number of nitrogens with zero attached hydrogens (tertiary/aromatic N) is 1. The monoisotopic (exact) mass is 387 g/mol. The fraction of sp³-hybridized carbons (Fsp3) is 0.429. The van der Waals surface area contributed by atoms with E-state index < -0.39 is 0 Å². The quantitative estimate of drug-likeness (QED) is 0.851. The minimum absolute atomic E-state index is 0. The number of halogens is 1. The van der Waals surface area contributed by atoms with Gasteiger partial charge in [0.05, 0.1) is 0 Å². The lowest BCUT2D eigenvalue weighted by Crippen LogP contribution is -2.45. The molecule has 0 aliphatic carbocycles. The van der Waals surface area contributed by atoms with Crippen molar-refractivity contribution in [2.24, 2.45) is 5.92 Å². The highest BCUT2D eigenvalue weighted by atomic mass is 35.5. The lowest BCUT2D eigenvalue weighted by Gasteiger charge is -2.32. The van der Waals surface area contributed by atoms with Gasteiger partial charge in [0.15, 0.2) is 0 Å². The second-order valence-corrected chi connectivity index (χ2v) is 7.29. The van der Waals surface area contributed by atoms with E-state index in [1.807, 2.05) is 47.4 Å². The van der Waals surface area contributed by atoms with E-state index in [-0.39, 0.29) is 36.2 Å². The third-order valence-electron chi connectivity index (χ3n) is 5.58. The first kappa shape index (κ1) is 19.6. The fourth-order valence-electron chi connectivity index (χ4n) is 4.02. The van der Waals surface area contributed by atoms with Gasteiger partial charge in [-0.2, -0.15) is 0 Å². The highest BCUT2D eigenvalue weighted by molar-refractivity contribution is 6.07. The van der Waals surface area contributed by atoms with Gasteiger partial charge in [0, 0.05) is 37.2 Å². The van der Waals surface area contributed by atoms with E-state index >= 15 is 0 Å². The molecule has 2 N–H and O–H groups in total. The first-order valence-electron chi connectivity index (χ1n) is 9.50. The van der Waals surface area contributed by atoms with E-state index in [1.54, 1.807) is 0 Å². The minimum Gasteiger partial charge on any atom is -0.352 e. The van der Waals surface area contributed by atoms with Gasteiger partial charge in [0.25, 0.3) is 5.91 Å². The van der Waals surface area contributed by atoms with Gasteiger partial charge in [-0.3, -0.25) is 9.59 Å². The maximum atomic E-state index is 13.0. The van der Waals surface area contributed by atoms with E-state index in [4.69, 9.17) is 0 Å². The molecule has 2 fully saturated rings. The number of piperidine rings is 1. The van der Waals surface area contributed by atoms with Gasteiger partial charge < -0.3 is 15.5 Å². The molecule has 27 heavy (non-hydrogen) atoms. The number of carbonyl (C=O) groups is 2. The molecule has 144 valence electrons. The van der Waals surface area contributed by atoms with Gasteiger partial charge in [0.2, 0.25) is 5.91 Å². The first-order valence-corrected chi connectivity index (χ1v) is 9.50. The van der Waals surface area contributed by atoms with Gasteiger partial charge in [-0.25, -0.2) is 0 Å². The molecule has 0 spiro atoms. The molecule has 2 aromatic rings. The van der Waals surface area contributed by atoms with Crippen LogP contribution in [0.4, 0.5) is 0 Å². The molecule has 6 heteroatoms. The zero-order chi connectivity index (χ0) is 17.9. The van der Waals surface area contributed by atoms with E-state index in [0.29, 0.717) is 13.1 Å². The van der Waals surface area contributed by atoms with Gasteiger partial charge in [-0.15, -0.1) is 12.4 Å². The van der Waals surface area contributed by atoms with Crippen molar-refractivity contribution >= 4 is 35.0 Å². The van der Waals surface area contributed by atoms with Crippen LogP contribution in [0.1, 0.15) is 29.6 Å². The van der Waals surface area contributed by atoms with Crippen LogP contribution in [0.5, 0.6) is 0 Å². The van der Waals surface area contributed by atoms with Crippen molar-refractivity contribution in [3.63, 3.8) is 0 Å². The fourth-order valence-corrected chi connectivity index (χ4v) is 4.02. The third-order valence-corrected chi connectivity index (χ3v) is 5.58. The predicted molar refractivity (Wildman–Crippen MR) is 109 cm³/mol. The summed E-state index contributed by atoms with van der Waals surface area (Å²) >= 11 is 0. The number of hydrogen-bond donors (Lipinski definition) is 2. The number of hydrogen-bond acceptors (Lipinski definition) is 3. The SMILES string of the molecule is Cl.O=C(NC1CCNC1)C1CCN(C(=O)c2cccc3ccccc23)CC1. The molecule has 2 aliphatic rings. The summed E-state index contributed by atoms with van der Waals surface area (Å²) in [6, 6.07) is 14.1. The van der Waals surface area contributed by atoms with Crippen LogP contribution in [0.15, 0.2) is 42.5 Å². The lowest BCUT2D eigenvalue weighted by atomic mass is 9.94. The second-order valence-electron chi connectivity index (χ2n) is 7.29. The topological polar surface area (TPSA) is 61.4 Å². The second kappa shape index (κ2) is 8.72. The molecule has 0 radical (unpaired) electrons. The normalized spacial score (nSPS) is 20.3. The Bertz CT molecular complexity index is 807. The number of rotatable bonds is 3. The smallest absolute Gasteiger partial charge is 0.254 e. The maximum Gasteiger partial charge on any atom is 0.254 e. The van der Waals surface area contributed by atoms with Crippen LogP contribution in [-0.4, -0.2) is 48.9 Å². The summed E-state index contributed by atoms with van der Waals surface area (Å²) in [4.78, 5) is 27.3. The molecule has 0 aromatic heterocycles. The molecule has 2 aliphatic heterocycles. The zero-order valence-corrected chi connectivity index (χ0v) is 16.1. The highest BCUT2D eigenvalue weighted by Gasteiger charge is 2.29. The van der Waals surface area contributed by atoms with E-state index in [9.17, 15) is 9.59 Å². The van der Waals surface area contributed by atoms with Gasteiger partial charge in [-0.1, -0.05) is 36.4 Å². The minimum atomic E-state index is 0. The molecule has 2 aromatic carbocycles. The molecular weight excluding hydrogens is 362 g/mol. The highest BCUT2D eigenvalue weighted by Crippen LogP contribution is 2.24. The molecule has 2 saturated heterocycles. The largest absolute Gasteiger partial charge is 0.352 e. The van der Waals surface area contributed by atoms with Gasteiger partial charge in [-0.05, 0) is 42.6 Å². The van der Waals surface area contributed by atoms with Crippen molar-refractivity contribution in [1.29, 1.82) is 0 Å². The zero-order valence-electron chi connectivity index (χ0n) is 15.3. The van der Waals surface area contributed by atoms with Crippen molar-refractivity contribution in [2.75, 3.05) is 26.2 Å². The first-order chi connectivity index (χ1) is 12.7. The Morgan fingerprint density at radius 2 is 1.74 bits per heavy atom. The van der Waals surface area contributed by atoms with Crippen LogP contribution in [0, 0.1) is 5.92 Å². The number of likely N-dealkylation sites (tertiary alicyclic amines) is 1. The number of nitrogens with one attached hydrogen (secondary N) is 2. The third kappa shape index (κ3) is 4.25. The van der Waals surface area contributed by atoms with Crippen molar-refractivity contribution < 1.29 is 9.59 Å². The Morgan fingerprint density at radius 1 is 1.00 bits per heavy atom. The Morgan fingerprint density at radius 3 is 2.48 bits per heavy atom. The Kier molecular flexibility index (Phi) is 6.34. The van der Waals surface area contributed by atoms with E-state index in [2.05, 4.69) is 10.6 Å². The summed E-state index contributed by atoms with van der Waals surface area (Å²) in [5, 5.41) is 8.49. The van der Waals surface area contributed by atoms with Crippen LogP contribution >= 0.6 is 12.4 Å². The van der Waals surface area contributed by atoms with Crippen molar-refractivity contribution in [1.82, 2.24) is 15.5 Å². The molecule has 2 amide bonds. The Hall–Kier alpha value is -2.11. The standard InChI is InChI=1S/C21H25N3O2.ClH/c25-20(23-17-8-11-22-14-17)16-9-12-24(13-10-16)21(26)19-7-3-5-15-4-1-2-6-18(15)19;/h1-7,16-17,22H,8-14H2,(H,23,25);1H. The molecule has 1 unspecified atom stereocenters. The number of carbonyl (C=O) groups excluding carboxylic acids is 2. The summed E-state index contributed by atoms with van der Waals surface area (Å²) in [7, 11) is 0. The number of benzene rings is 2. The van der Waals surface area contributed by atoms with E-state index in [0.717, 1.165) is 48.7 Å². The number of fused-ring (bicyclic) bond motifs is 1. The molecule has 0 saturated carbocycles. The van der Waals surface area contributed by atoms with E-state index in [1.165, 1.54) is 0 Å². The van der Waals surface area contributed by atoms with Crippen LogP contribution in [0.25, 0.3) is 10.8 Å². The van der Waals surface area contributed by atoms with Crippen molar-refractivity contribution in [3.05, 3.63) is 48.0 Å².